The Labute approximate surface area is 178 Å². The van der Waals surface area contributed by atoms with Gasteiger partial charge in [0.2, 0.25) is 0 Å². The molecule has 1 amide bonds. The summed E-state index contributed by atoms with van der Waals surface area (Å²) in [7, 11) is 1.63. The van der Waals surface area contributed by atoms with Gasteiger partial charge in [-0.15, -0.1) is 11.3 Å². The number of ether oxygens (including phenoxy) is 2. The van der Waals surface area contributed by atoms with Crippen molar-refractivity contribution < 1.29 is 14.3 Å². The second kappa shape index (κ2) is 8.18. The number of benzene rings is 2. The molecule has 2 aromatic carbocycles. The highest BCUT2D eigenvalue weighted by atomic mass is 32.1. The van der Waals surface area contributed by atoms with Crippen LogP contribution in [0.5, 0.6) is 11.5 Å². The van der Waals surface area contributed by atoms with Gasteiger partial charge in [0.25, 0.3) is 5.91 Å². The van der Waals surface area contributed by atoms with Gasteiger partial charge >= 0.3 is 0 Å². The van der Waals surface area contributed by atoms with E-state index in [2.05, 4.69) is 4.98 Å². The highest BCUT2D eigenvalue weighted by Gasteiger charge is 2.36. The molecule has 148 valence electrons. The first-order chi connectivity index (χ1) is 14.1. The van der Waals surface area contributed by atoms with Gasteiger partial charge in [0, 0.05) is 16.6 Å². The van der Waals surface area contributed by atoms with E-state index in [1.165, 1.54) is 16.2 Å². The standard InChI is InChI=1S/C21H19N3O3S2/c1-3-27-17-10-6-15(7-11-17)23-12-19(25)24(21(23)28)20-22-18(13-29-20)14-4-8-16(26-2)9-5-14/h4-11,13H,3,12H2,1-2H3. The minimum atomic E-state index is -0.0977. The highest BCUT2D eigenvalue weighted by Crippen LogP contribution is 2.32. The molecule has 0 saturated carbocycles. The van der Waals surface area contributed by atoms with Crippen molar-refractivity contribution in [2.75, 3.05) is 30.1 Å². The lowest BCUT2D eigenvalue weighted by Gasteiger charge is -2.19. The fourth-order valence-electron chi connectivity index (χ4n) is 3.04. The summed E-state index contributed by atoms with van der Waals surface area (Å²) in [4.78, 5) is 20.6. The van der Waals surface area contributed by atoms with Crippen LogP contribution in [0.25, 0.3) is 11.3 Å². The topological polar surface area (TPSA) is 54.9 Å². The highest BCUT2D eigenvalue weighted by molar-refractivity contribution is 7.81. The van der Waals surface area contributed by atoms with Crippen LogP contribution in [0.15, 0.2) is 53.9 Å². The number of thiocarbonyl (C=S) groups is 1. The Hall–Kier alpha value is -2.97. The molecular weight excluding hydrogens is 406 g/mol. The molecule has 29 heavy (non-hydrogen) atoms. The number of carbonyl (C=O) groups is 1. The maximum Gasteiger partial charge on any atom is 0.255 e. The number of carbonyl (C=O) groups excluding carboxylic acids is 1. The van der Waals surface area contributed by atoms with Crippen molar-refractivity contribution in [1.82, 2.24) is 4.98 Å². The molecule has 1 saturated heterocycles. The number of nitrogens with zero attached hydrogens (tertiary/aromatic N) is 3. The second-order valence-electron chi connectivity index (χ2n) is 6.27. The summed E-state index contributed by atoms with van der Waals surface area (Å²) >= 11 is 6.99. The maximum absolute atomic E-state index is 12.7. The van der Waals surface area contributed by atoms with E-state index in [1.807, 2.05) is 65.7 Å². The van der Waals surface area contributed by atoms with Crippen molar-refractivity contribution >= 4 is 45.4 Å². The summed E-state index contributed by atoms with van der Waals surface area (Å²) in [5.41, 5.74) is 2.60. The fraction of sp³-hybridized carbons (Fsp3) is 0.190. The molecule has 1 aliphatic heterocycles. The predicted molar refractivity (Wildman–Crippen MR) is 119 cm³/mol. The van der Waals surface area contributed by atoms with Gasteiger partial charge in [-0.05, 0) is 67.7 Å². The van der Waals surface area contributed by atoms with Gasteiger partial charge in [-0.25, -0.2) is 9.88 Å². The lowest BCUT2D eigenvalue weighted by atomic mass is 10.2. The van der Waals surface area contributed by atoms with Gasteiger partial charge in [0.05, 0.1) is 19.4 Å². The summed E-state index contributed by atoms with van der Waals surface area (Å²) in [6, 6.07) is 15.2. The Bertz CT molecular complexity index is 1030. The molecule has 1 fully saturated rings. The Morgan fingerprint density at radius 2 is 1.79 bits per heavy atom. The van der Waals surface area contributed by atoms with Gasteiger partial charge in [0.1, 0.15) is 18.0 Å². The Kier molecular flexibility index (Phi) is 5.46. The third-order valence-electron chi connectivity index (χ3n) is 4.49. The van der Waals surface area contributed by atoms with Crippen LogP contribution < -0.4 is 19.3 Å². The van der Waals surface area contributed by atoms with Crippen molar-refractivity contribution in [2.24, 2.45) is 0 Å². The molecule has 1 aliphatic rings. The van der Waals surface area contributed by atoms with Crippen molar-refractivity contribution in [2.45, 2.75) is 6.92 Å². The van der Waals surface area contributed by atoms with E-state index in [9.17, 15) is 4.79 Å². The quantitative estimate of drug-likeness (QED) is 0.547. The Morgan fingerprint density at radius 3 is 2.45 bits per heavy atom. The van der Waals surface area contributed by atoms with Crippen molar-refractivity contribution in [1.29, 1.82) is 0 Å². The Balaban J connectivity index is 1.55. The molecule has 0 aliphatic carbocycles. The van der Waals surface area contributed by atoms with Gasteiger partial charge in [-0.1, -0.05) is 0 Å². The van der Waals surface area contributed by atoms with Crippen LogP contribution in [0.1, 0.15) is 6.92 Å². The molecule has 0 atom stereocenters. The largest absolute Gasteiger partial charge is 0.497 e. The fourth-order valence-corrected chi connectivity index (χ4v) is 4.31. The van der Waals surface area contributed by atoms with Gasteiger partial charge in [-0.2, -0.15) is 0 Å². The molecule has 0 spiro atoms. The summed E-state index contributed by atoms with van der Waals surface area (Å²) in [6.45, 7) is 2.73. The minimum Gasteiger partial charge on any atom is -0.497 e. The van der Waals surface area contributed by atoms with Crippen molar-refractivity contribution in [3.05, 3.63) is 53.9 Å². The van der Waals surface area contributed by atoms with Crippen LogP contribution in [0.2, 0.25) is 0 Å². The third-order valence-corrected chi connectivity index (χ3v) is 5.72. The molecule has 6 nitrogen and oxygen atoms in total. The summed E-state index contributed by atoms with van der Waals surface area (Å²) in [5, 5.41) is 2.92. The number of amides is 1. The first kappa shape index (κ1) is 19.4. The minimum absolute atomic E-state index is 0.0977. The molecular formula is C21H19N3O3S2. The van der Waals surface area contributed by atoms with E-state index in [0.717, 1.165) is 28.4 Å². The summed E-state index contributed by atoms with van der Waals surface area (Å²) in [5.74, 6) is 1.47. The van der Waals surface area contributed by atoms with Gasteiger partial charge in [-0.3, -0.25) is 4.79 Å². The van der Waals surface area contributed by atoms with E-state index in [-0.39, 0.29) is 12.5 Å². The summed E-state index contributed by atoms with van der Waals surface area (Å²) in [6.07, 6.45) is 0. The van der Waals surface area contributed by atoms with Crippen LogP contribution >= 0.6 is 23.6 Å². The molecule has 1 aromatic heterocycles. The first-order valence-corrected chi connectivity index (χ1v) is 10.4. The van der Waals surface area contributed by atoms with Crippen molar-refractivity contribution in [3.63, 3.8) is 0 Å². The smallest absolute Gasteiger partial charge is 0.255 e. The number of rotatable bonds is 6. The number of thiazole rings is 1. The molecule has 8 heteroatoms. The lowest BCUT2D eigenvalue weighted by Crippen LogP contribution is -2.32. The van der Waals surface area contributed by atoms with Crippen LogP contribution in [0.4, 0.5) is 10.8 Å². The molecule has 4 rings (SSSR count). The number of anilines is 2. The summed E-state index contributed by atoms with van der Waals surface area (Å²) < 4.78 is 10.7. The zero-order valence-corrected chi connectivity index (χ0v) is 17.6. The number of hydrogen-bond acceptors (Lipinski definition) is 6. The lowest BCUT2D eigenvalue weighted by molar-refractivity contribution is -0.115. The molecule has 0 unspecified atom stereocenters. The van der Waals surface area contributed by atoms with Gasteiger partial charge < -0.3 is 14.4 Å². The number of methoxy groups -OCH3 is 1. The average molecular weight is 426 g/mol. The predicted octanol–water partition coefficient (Wildman–Crippen LogP) is 4.36. The van der Waals surface area contributed by atoms with Crippen molar-refractivity contribution in [3.8, 4) is 22.8 Å². The van der Waals surface area contributed by atoms with E-state index >= 15 is 0 Å². The van der Waals surface area contributed by atoms with Crippen LogP contribution in [0, 0.1) is 0 Å². The van der Waals surface area contributed by atoms with Crippen LogP contribution in [-0.2, 0) is 4.79 Å². The van der Waals surface area contributed by atoms with Gasteiger partial charge in [0.15, 0.2) is 10.2 Å². The zero-order valence-electron chi connectivity index (χ0n) is 16.0. The average Bonchev–Trinajstić information content (AvgIpc) is 3.33. The molecule has 3 aromatic rings. The SMILES string of the molecule is CCOc1ccc(N2CC(=O)N(c3nc(-c4ccc(OC)cc4)cs3)C2=S)cc1. The zero-order chi connectivity index (χ0) is 20.4. The Morgan fingerprint density at radius 1 is 1.10 bits per heavy atom. The first-order valence-electron chi connectivity index (χ1n) is 9.08. The number of hydrogen-bond donors (Lipinski definition) is 0. The molecule has 0 N–H and O–H groups in total. The van der Waals surface area contributed by atoms with E-state index in [0.29, 0.717) is 16.9 Å². The monoisotopic (exact) mass is 425 g/mol. The number of aromatic nitrogens is 1. The second-order valence-corrected chi connectivity index (χ2v) is 7.47. The van der Waals surface area contributed by atoms with E-state index < -0.39 is 0 Å². The van der Waals surface area contributed by atoms with E-state index in [4.69, 9.17) is 21.7 Å². The normalized spacial score (nSPS) is 13.9. The molecule has 0 radical (unpaired) electrons. The van der Waals surface area contributed by atoms with Crippen LogP contribution in [0.3, 0.4) is 0 Å². The molecule has 2 heterocycles. The van der Waals surface area contributed by atoms with Crippen LogP contribution in [-0.4, -0.2) is 36.3 Å². The third kappa shape index (κ3) is 3.81. The molecule has 0 bridgehead atoms. The van der Waals surface area contributed by atoms with E-state index in [1.54, 1.807) is 7.11 Å². The maximum atomic E-state index is 12.7.